The van der Waals surface area contributed by atoms with Crippen LogP contribution in [0.25, 0.3) is 0 Å². The van der Waals surface area contributed by atoms with E-state index < -0.39 is 0 Å². The van der Waals surface area contributed by atoms with E-state index in [9.17, 15) is 0 Å². The van der Waals surface area contributed by atoms with Crippen LogP contribution in [0.1, 0.15) is 18.7 Å². The van der Waals surface area contributed by atoms with Gasteiger partial charge in [-0.25, -0.2) is 0 Å². The molecule has 0 aliphatic carbocycles. The van der Waals surface area contributed by atoms with Crippen molar-refractivity contribution >= 4 is 11.6 Å². The van der Waals surface area contributed by atoms with Gasteiger partial charge in [0.1, 0.15) is 0 Å². The second-order valence-corrected chi connectivity index (χ2v) is 3.92. The molecule has 78 valence electrons. The maximum absolute atomic E-state index is 5.87. The van der Waals surface area contributed by atoms with Crippen molar-refractivity contribution in [2.24, 2.45) is 7.05 Å². The first kappa shape index (κ1) is 9.86. The lowest BCUT2D eigenvalue weighted by molar-refractivity contribution is 0.256. The van der Waals surface area contributed by atoms with Crippen molar-refractivity contribution < 1.29 is 0 Å². The van der Waals surface area contributed by atoms with Crippen LogP contribution < -0.4 is 0 Å². The van der Waals surface area contributed by atoms with E-state index in [0.717, 1.165) is 18.9 Å². The Kier molecular flexibility index (Phi) is 2.98. The fourth-order valence-electron chi connectivity index (χ4n) is 1.85. The lowest BCUT2D eigenvalue weighted by atomic mass is 10.2. The van der Waals surface area contributed by atoms with Crippen LogP contribution >= 0.6 is 11.6 Å². The van der Waals surface area contributed by atoms with Crippen LogP contribution in [-0.2, 0) is 13.6 Å². The summed E-state index contributed by atoms with van der Waals surface area (Å²) in [7, 11) is 1.78. The molecule has 6 heteroatoms. The van der Waals surface area contributed by atoms with E-state index in [1.165, 1.54) is 17.6 Å². The van der Waals surface area contributed by atoms with Crippen molar-refractivity contribution in [2.75, 3.05) is 12.4 Å². The van der Waals surface area contributed by atoms with Crippen LogP contribution in [-0.4, -0.2) is 43.6 Å². The molecule has 1 saturated heterocycles. The van der Waals surface area contributed by atoms with Crippen LogP contribution in [0.2, 0.25) is 0 Å². The van der Waals surface area contributed by atoms with Crippen molar-refractivity contribution in [3.05, 3.63) is 5.82 Å². The molecule has 5 nitrogen and oxygen atoms in total. The van der Waals surface area contributed by atoms with Gasteiger partial charge in [0.2, 0.25) is 0 Å². The number of alkyl halides is 1. The smallest absolute Gasteiger partial charge is 0.188 e. The van der Waals surface area contributed by atoms with Crippen molar-refractivity contribution in [3.8, 4) is 0 Å². The molecule has 2 rings (SSSR count). The Bertz CT molecular complexity index is 300. The Morgan fingerprint density at radius 2 is 2.43 bits per heavy atom. The van der Waals surface area contributed by atoms with E-state index in [1.807, 2.05) is 0 Å². The first-order valence-electron chi connectivity index (χ1n) is 4.82. The number of aryl methyl sites for hydroxylation is 1. The van der Waals surface area contributed by atoms with E-state index >= 15 is 0 Å². The summed E-state index contributed by atoms with van der Waals surface area (Å²) in [5, 5.41) is 11.9. The molecule has 0 bridgehead atoms. The fourth-order valence-corrected chi connectivity index (χ4v) is 2.20. The second kappa shape index (κ2) is 4.23. The summed E-state index contributed by atoms with van der Waals surface area (Å²) >= 11 is 5.87. The highest BCUT2D eigenvalue weighted by molar-refractivity contribution is 6.18. The van der Waals surface area contributed by atoms with E-state index in [-0.39, 0.29) is 0 Å². The maximum Gasteiger partial charge on any atom is 0.188 e. The molecular formula is C8H14ClN5. The average Bonchev–Trinajstić information content (AvgIpc) is 2.76. The first-order chi connectivity index (χ1) is 6.79. The zero-order valence-corrected chi connectivity index (χ0v) is 8.98. The predicted octanol–water partition coefficient (Wildman–Crippen LogP) is 0.413. The Hall–Kier alpha value is -0.680. The molecule has 0 aromatic carbocycles. The quantitative estimate of drug-likeness (QED) is 0.686. The number of hydrogen-bond donors (Lipinski definition) is 0. The van der Waals surface area contributed by atoms with E-state index in [1.54, 1.807) is 7.05 Å². The number of tetrazole rings is 1. The van der Waals surface area contributed by atoms with Crippen LogP contribution in [0.4, 0.5) is 0 Å². The zero-order chi connectivity index (χ0) is 9.97. The first-order valence-corrected chi connectivity index (χ1v) is 5.36. The summed E-state index contributed by atoms with van der Waals surface area (Å²) in [4.78, 5) is 3.81. The number of halogens is 1. The van der Waals surface area contributed by atoms with Crippen molar-refractivity contribution in [3.63, 3.8) is 0 Å². The monoisotopic (exact) mass is 215 g/mol. The molecule has 1 atom stereocenters. The number of rotatable bonds is 3. The highest BCUT2D eigenvalue weighted by Crippen LogP contribution is 2.19. The van der Waals surface area contributed by atoms with Gasteiger partial charge in [-0.15, -0.1) is 21.8 Å². The zero-order valence-electron chi connectivity index (χ0n) is 8.23. The normalized spacial score (nSPS) is 23.1. The largest absolute Gasteiger partial charge is 0.292 e. The Balaban J connectivity index is 1.96. The molecule has 1 fully saturated rings. The summed E-state index contributed by atoms with van der Waals surface area (Å²) in [5.74, 6) is 1.48. The fraction of sp³-hybridized carbons (Fsp3) is 0.875. The van der Waals surface area contributed by atoms with Gasteiger partial charge in [0.15, 0.2) is 5.82 Å². The minimum Gasteiger partial charge on any atom is -0.292 e. The summed E-state index contributed by atoms with van der Waals surface area (Å²) in [6.07, 6.45) is 2.40. The van der Waals surface area contributed by atoms with Crippen LogP contribution in [0.3, 0.4) is 0 Å². The minimum absolute atomic E-state index is 0.487. The van der Waals surface area contributed by atoms with Crippen molar-refractivity contribution in [1.29, 1.82) is 0 Å². The van der Waals surface area contributed by atoms with Crippen molar-refractivity contribution in [2.45, 2.75) is 25.4 Å². The van der Waals surface area contributed by atoms with E-state index in [4.69, 9.17) is 11.6 Å². The molecule has 1 aliphatic heterocycles. The molecular weight excluding hydrogens is 202 g/mol. The predicted molar refractivity (Wildman–Crippen MR) is 53.0 cm³/mol. The molecule has 0 radical (unpaired) electrons. The van der Waals surface area contributed by atoms with Gasteiger partial charge in [-0.1, -0.05) is 0 Å². The number of likely N-dealkylation sites (tertiary alicyclic amines) is 1. The Morgan fingerprint density at radius 3 is 3.07 bits per heavy atom. The third-order valence-corrected chi connectivity index (χ3v) is 2.93. The standard InChI is InChI=1S/C8H14ClN5/c1-13-11-8(10-12-13)6-14-4-2-3-7(14)5-9/h7H,2-6H2,1H3. The topological polar surface area (TPSA) is 46.8 Å². The van der Waals surface area contributed by atoms with Crippen LogP contribution in [0, 0.1) is 0 Å². The van der Waals surface area contributed by atoms with Gasteiger partial charge in [-0.05, 0) is 24.6 Å². The van der Waals surface area contributed by atoms with Gasteiger partial charge in [-0.3, -0.25) is 4.90 Å². The molecule has 2 heterocycles. The molecule has 1 aliphatic rings. The number of nitrogens with zero attached hydrogens (tertiary/aromatic N) is 5. The van der Waals surface area contributed by atoms with Gasteiger partial charge >= 0.3 is 0 Å². The average molecular weight is 216 g/mol. The number of hydrogen-bond acceptors (Lipinski definition) is 4. The molecule has 0 N–H and O–H groups in total. The highest BCUT2D eigenvalue weighted by atomic mass is 35.5. The third-order valence-electron chi connectivity index (χ3n) is 2.57. The lowest BCUT2D eigenvalue weighted by Gasteiger charge is -2.20. The van der Waals surface area contributed by atoms with E-state index in [0.29, 0.717) is 11.9 Å². The lowest BCUT2D eigenvalue weighted by Crippen LogP contribution is -2.30. The minimum atomic E-state index is 0.487. The molecule has 1 unspecified atom stereocenters. The SMILES string of the molecule is Cn1nnc(CN2CCCC2CCl)n1. The Morgan fingerprint density at radius 1 is 1.57 bits per heavy atom. The summed E-state index contributed by atoms with van der Waals surface area (Å²) < 4.78 is 0. The molecule has 1 aromatic heterocycles. The summed E-state index contributed by atoms with van der Waals surface area (Å²) in [6, 6.07) is 0.487. The summed E-state index contributed by atoms with van der Waals surface area (Å²) in [6.45, 7) is 1.86. The molecule has 0 saturated carbocycles. The van der Waals surface area contributed by atoms with Gasteiger partial charge in [0.25, 0.3) is 0 Å². The van der Waals surface area contributed by atoms with Gasteiger partial charge < -0.3 is 0 Å². The molecule has 0 amide bonds. The van der Waals surface area contributed by atoms with E-state index in [2.05, 4.69) is 20.3 Å². The van der Waals surface area contributed by atoms with Crippen LogP contribution in [0.15, 0.2) is 0 Å². The molecule has 14 heavy (non-hydrogen) atoms. The maximum atomic E-state index is 5.87. The van der Waals surface area contributed by atoms with Gasteiger partial charge in [-0.2, -0.15) is 4.80 Å². The van der Waals surface area contributed by atoms with Crippen molar-refractivity contribution in [1.82, 2.24) is 25.1 Å². The molecule has 0 spiro atoms. The highest BCUT2D eigenvalue weighted by Gasteiger charge is 2.24. The third kappa shape index (κ3) is 2.04. The number of aromatic nitrogens is 4. The van der Waals surface area contributed by atoms with Gasteiger partial charge in [0, 0.05) is 11.9 Å². The Labute approximate surface area is 88.0 Å². The molecule has 1 aromatic rings. The summed E-state index contributed by atoms with van der Waals surface area (Å²) in [5.41, 5.74) is 0. The van der Waals surface area contributed by atoms with Gasteiger partial charge in [0.05, 0.1) is 13.6 Å². The van der Waals surface area contributed by atoms with Crippen LogP contribution in [0.5, 0.6) is 0 Å². The second-order valence-electron chi connectivity index (χ2n) is 3.62.